The highest BCUT2D eigenvalue weighted by molar-refractivity contribution is 6.30. The summed E-state index contributed by atoms with van der Waals surface area (Å²) in [5.74, 6) is 1.44. The highest BCUT2D eigenvalue weighted by Gasteiger charge is 2.15. The predicted octanol–water partition coefficient (Wildman–Crippen LogP) is 3.74. The van der Waals surface area contributed by atoms with Crippen molar-refractivity contribution in [3.8, 4) is 5.75 Å². The number of likely N-dealkylation sites (N-methyl/N-ethyl adjacent to an activating group) is 1. The molecule has 0 bridgehead atoms. The Balaban J connectivity index is 2.51. The Morgan fingerprint density at radius 2 is 2.12 bits per heavy atom. The molecule has 1 N–H and O–H groups in total. The molecule has 0 spiro atoms. The van der Waals surface area contributed by atoms with Crippen LogP contribution in [0.1, 0.15) is 27.2 Å². The first-order valence-electron chi connectivity index (χ1n) is 6.29. The van der Waals surface area contributed by atoms with Crippen molar-refractivity contribution < 1.29 is 4.74 Å². The lowest BCUT2D eigenvalue weighted by atomic mass is 10.00. The van der Waals surface area contributed by atoms with E-state index in [1.165, 1.54) is 0 Å². The fourth-order valence-corrected chi connectivity index (χ4v) is 1.89. The molecule has 0 aliphatic heterocycles. The van der Waals surface area contributed by atoms with Crippen LogP contribution >= 0.6 is 11.6 Å². The number of halogens is 1. The maximum Gasteiger partial charge on any atom is 0.120 e. The molecule has 2 unspecified atom stereocenters. The van der Waals surface area contributed by atoms with Gasteiger partial charge in [-0.25, -0.2) is 0 Å². The van der Waals surface area contributed by atoms with Crippen LogP contribution in [0.3, 0.4) is 0 Å². The molecule has 1 rings (SSSR count). The first kappa shape index (κ1) is 14.3. The minimum absolute atomic E-state index is 0.393. The van der Waals surface area contributed by atoms with Crippen molar-refractivity contribution in [3.05, 3.63) is 29.3 Å². The van der Waals surface area contributed by atoms with Crippen molar-refractivity contribution >= 4 is 11.6 Å². The van der Waals surface area contributed by atoms with Gasteiger partial charge < -0.3 is 10.1 Å². The van der Waals surface area contributed by atoms with Gasteiger partial charge in [0.2, 0.25) is 0 Å². The van der Waals surface area contributed by atoms with Crippen LogP contribution in [0.15, 0.2) is 24.3 Å². The van der Waals surface area contributed by atoms with Crippen LogP contribution in [-0.4, -0.2) is 19.2 Å². The molecular weight excluding hydrogens is 234 g/mol. The Kier molecular flexibility index (Phi) is 6.38. The monoisotopic (exact) mass is 255 g/mol. The molecule has 0 heterocycles. The molecule has 0 aliphatic rings. The highest BCUT2D eigenvalue weighted by atomic mass is 35.5. The van der Waals surface area contributed by atoms with E-state index in [4.69, 9.17) is 16.3 Å². The molecule has 0 aliphatic carbocycles. The third-order valence-electron chi connectivity index (χ3n) is 3.02. The van der Waals surface area contributed by atoms with Crippen molar-refractivity contribution in [1.29, 1.82) is 0 Å². The van der Waals surface area contributed by atoms with Crippen molar-refractivity contribution in [2.45, 2.75) is 33.2 Å². The van der Waals surface area contributed by atoms with Crippen LogP contribution in [-0.2, 0) is 0 Å². The summed E-state index contributed by atoms with van der Waals surface area (Å²) >= 11 is 5.92. The summed E-state index contributed by atoms with van der Waals surface area (Å²) in [6.07, 6.45) is 1.15. The van der Waals surface area contributed by atoms with Crippen molar-refractivity contribution in [2.75, 3.05) is 13.2 Å². The Labute approximate surface area is 109 Å². The van der Waals surface area contributed by atoms with Gasteiger partial charge in [-0.3, -0.25) is 0 Å². The minimum Gasteiger partial charge on any atom is -0.492 e. The molecule has 0 aromatic heterocycles. The molecule has 1 aromatic carbocycles. The summed E-state index contributed by atoms with van der Waals surface area (Å²) < 4.78 is 5.78. The van der Waals surface area contributed by atoms with E-state index in [2.05, 4.69) is 26.1 Å². The van der Waals surface area contributed by atoms with Gasteiger partial charge in [-0.15, -0.1) is 0 Å². The zero-order chi connectivity index (χ0) is 12.7. The quantitative estimate of drug-likeness (QED) is 0.801. The molecule has 0 saturated heterocycles. The van der Waals surface area contributed by atoms with Crippen LogP contribution in [0.4, 0.5) is 0 Å². The van der Waals surface area contributed by atoms with Crippen LogP contribution in [0.25, 0.3) is 0 Å². The number of benzene rings is 1. The van der Waals surface area contributed by atoms with E-state index in [9.17, 15) is 0 Å². The molecular formula is C14H22ClNO. The van der Waals surface area contributed by atoms with Crippen LogP contribution in [0.2, 0.25) is 5.02 Å². The topological polar surface area (TPSA) is 21.3 Å². The average Bonchev–Trinajstić information content (AvgIpc) is 2.33. The number of nitrogens with one attached hydrogen (secondary N) is 1. The lowest BCUT2D eigenvalue weighted by Gasteiger charge is -2.24. The summed E-state index contributed by atoms with van der Waals surface area (Å²) in [7, 11) is 0. The van der Waals surface area contributed by atoms with Crippen molar-refractivity contribution in [1.82, 2.24) is 5.32 Å². The third-order valence-corrected chi connectivity index (χ3v) is 3.26. The third kappa shape index (κ3) is 4.97. The summed E-state index contributed by atoms with van der Waals surface area (Å²) in [5, 5.41) is 4.17. The fourth-order valence-electron chi connectivity index (χ4n) is 1.71. The number of ether oxygens (including phenoxy) is 1. The first-order valence-corrected chi connectivity index (χ1v) is 6.66. The van der Waals surface area contributed by atoms with Gasteiger partial charge in [-0.1, -0.05) is 44.9 Å². The molecule has 0 fully saturated rings. The summed E-state index contributed by atoms with van der Waals surface area (Å²) in [6.45, 7) is 8.22. The van der Waals surface area contributed by atoms with E-state index >= 15 is 0 Å². The van der Waals surface area contributed by atoms with Gasteiger partial charge in [-0.2, -0.15) is 0 Å². The summed E-state index contributed by atoms with van der Waals surface area (Å²) in [6, 6.07) is 7.93. The predicted molar refractivity (Wildman–Crippen MR) is 73.9 cm³/mol. The molecule has 0 amide bonds. The zero-order valence-corrected chi connectivity index (χ0v) is 11.6. The average molecular weight is 256 g/mol. The normalized spacial score (nSPS) is 14.4. The maximum atomic E-state index is 5.92. The van der Waals surface area contributed by atoms with E-state index in [-0.39, 0.29) is 0 Å². The van der Waals surface area contributed by atoms with E-state index in [0.717, 1.165) is 18.7 Å². The van der Waals surface area contributed by atoms with Gasteiger partial charge >= 0.3 is 0 Å². The second-order valence-electron chi connectivity index (χ2n) is 4.32. The van der Waals surface area contributed by atoms with Crippen molar-refractivity contribution in [3.63, 3.8) is 0 Å². The lowest BCUT2D eigenvalue weighted by Crippen LogP contribution is -2.39. The highest BCUT2D eigenvalue weighted by Crippen LogP contribution is 2.18. The molecule has 0 radical (unpaired) electrons. The summed E-state index contributed by atoms with van der Waals surface area (Å²) in [4.78, 5) is 0. The number of rotatable bonds is 7. The van der Waals surface area contributed by atoms with Crippen molar-refractivity contribution in [2.24, 2.45) is 5.92 Å². The number of hydrogen-bond donors (Lipinski definition) is 1. The maximum absolute atomic E-state index is 5.92. The smallest absolute Gasteiger partial charge is 0.120 e. The molecule has 2 nitrogen and oxygen atoms in total. The van der Waals surface area contributed by atoms with E-state index < -0.39 is 0 Å². The Morgan fingerprint density at radius 3 is 2.71 bits per heavy atom. The SMILES string of the molecule is CCNC(COc1cccc(Cl)c1)C(C)CC. The molecule has 0 saturated carbocycles. The van der Waals surface area contributed by atoms with Gasteiger partial charge in [0.05, 0.1) is 0 Å². The van der Waals surface area contributed by atoms with Gasteiger partial charge in [0, 0.05) is 11.1 Å². The first-order chi connectivity index (χ1) is 8.17. The molecule has 17 heavy (non-hydrogen) atoms. The van der Waals surface area contributed by atoms with Crippen LogP contribution in [0.5, 0.6) is 5.75 Å². The standard InChI is InChI=1S/C14H22ClNO/c1-4-11(3)14(16-5-2)10-17-13-8-6-7-12(15)9-13/h6-9,11,14,16H,4-5,10H2,1-3H3. The molecule has 1 aromatic rings. The van der Waals surface area contributed by atoms with Gasteiger partial charge in [0.15, 0.2) is 0 Å². The minimum atomic E-state index is 0.393. The molecule has 96 valence electrons. The molecule has 3 heteroatoms. The second-order valence-corrected chi connectivity index (χ2v) is 4.75. The molecule has 2 atom stereocenters. The van der Waals surface area contributed by atoms with Crippen LogP contribution in [0, 0.1) is 5.92 Å². The van der Waals surface area contributed by atoms with Gasteiger partial charge in [0.25, 0.3) is 0 Å². The largest absolute Gasteiger partial charge is 0.492 e. The lowest BCUT2D eigenvalue weighted by molar-refractivity contribution is 0.222. The second kappa shape index (κ2) is 7.57. The van der Waals surface area contributed by atoms with Gasteiger partial charge in [0.1, 0.15) is 12.4 Å². The van der Waals surface area contributed by atoms with Gasteiger partial charge in [-0.05, 0) is 30.7 Å². The Morgan fingerprint density at radius 1 is 1.35 bits per heavy atom. The Hall–Kier alpha value is -0.730. The number of hydrogen-bond acceptors (Lipinski definition) is 2. The summed E-state index contributed by atoms with van der Waals surface area (Å²) in [5.41, 5.74) is 0. The van der Waals surface area contributed by atoms with E-state index in [0.29, 0.717) is 23.6 Å². The fraction of sp³-hybridized carbons (Fsp3) is 0.571. The van der Waals surface area contributed by atoms with E-state index in [1.807, 2.05) is 24.3 Å². The Bertz CT molecular complexity index is 330. The van der Waals surface area contributed by atoms with E-state index in [1.54, 1.807) is 0 Å². The zero-order valence-electron chi connectivity index (χ0n) is 10.9. The van der Waals surface area contributed by atoms with Crippen LogP contribution < -0.4 is 10.1 Å².